The minimum Gasteiger partial charge on any atom is -0.415 e. The Balaban J connectivity index is 3.14. The molecule has 1 fully saturated rings. The monoisotopic (exact) mass is 339 g/mol. The molecule has 1 aliphatic rings. The van der Waals surface area contributed by atoms with Crippen LogP contribution in [0.3, 0.4) is 0 Å². The van der Waals surface area contributed by atoms with E-state index in [-0.39, 0.29) is 12.5 Å². The number of nitrogens with zero attached hydrogens (tertiary/aromatic N) is 2. The summed E-state index contributed by atoms with van der Waals surface area (Å²) in [6.45, 7) is 2.99. The number of alkyl halides is 4. The molecule has 0 unspecified atom stereocenters. The second kappa shape index (κ2) is 6.70. The van der Waals surface area contributed by atoms with Crippen LogP contribution in [0, 0.1) is 17.2 Å². The first kappa shape index (κ1) is 19.2. The number of rotatable bonds is 4. The van der Waals surface area contributed by atoms with Crippen LogP contribution in [0.25, 0.3) is 0 Å². The lowest BCUT2D eigenvalue weighted by Crippen LogP contribution is -2.59. The summed E-state index contributed by atoms with van der Waals surface area (Å²) in [5.74, 6) is -4.02. The van der Waals surface area contributed by atoms with Gasteiger partial charge in [0.1, 0.15) is 6.07 Å². The van der Waals surface area contributed by atoms with Gasteiger partial charge in [-0.2, -0.15) is 18.4 Å². The van der Waals surface area contributed by atoms with E-state index in [0.29, 0.717) is 11.3 Å². The topological polar surface area (TPSA) is 96.4 Å². The maximum Gasteiger partial charge on any atom is 0.491 e. The molecule has 1 rings (SSSR count). The Morgan fingerprint density at radius 1 is 1.52 bits per heavy atom. The largest absolute Gasteiger partial charge is 0.491 e. The number of halogens is 4. The quantitative estimate of drug-likeness (QED) is 0.614. The van der Waals surface area contributed by atoms with E-state index in [1.165, 1.54) is 6.07 Å². The van der Waals surface area contributed by atoms with Gasteiger partial charge in [0.2, 0.25) is 5.91 Å². The van der Waals surface area contributed by atoms with Crippen LogP contribution in [-0.2, 0) is 14.3 Å². The summed E-state index contributed by atoms with van der Waals surface area (Å²) in [5.41, 5.74) is 2.75. The molecular weight excluding hydrogens is 322 g/mol. The molecule has 1 saturated heterocycles. The van der Waals surface area contributed by atoms with Crippen LogP contribution in [0.15, 0.2) is 0 Å². The van der Waals surface area contributed by atoms with Gasteiger partial charge in [0.15, 0.2) is 6.17 Å². The number of amides is 1. The molecular formula is C13H17F4N3O3. The Bertz CT molecular complexity index is 520. The van der Waals surface area contributed by atoms with Gasteiger partial charge in [0, 0.05) is 13.0 Å². The van der Waals surface area contributed by atoms with E-state index < -0.39 is 42.4 Å². The lowest BCUT2D eigenvalue weighted by molar-refractivity contribution is -0.224. The van der Waals surface area contributed by atoms with E-state index in [1.807, 2.05) is 0 Å². The Labute approximate surface area is 130 Å². The van der Waals surface area contributed by atoms with Gasteiger partial charge in [-0.3, -0.25) is 9.69 Å². The molecule has 23 heavy (non-hydrogen) atoms. The molecule has 0 radical (unpaired) electrons. The lowest BCUT2D eigenvalue weighted by atomic mass is 9.98. The normalized spacial score (nSPS) is 27.2. The maximum atomic E-state index is 14.0. The molecule has 0 aromatic carbocycles. The fourth-order valence-corrected chi connectivity index (χ4v) is 2.20. The summed E-state index contributed by atoms with van der Waals surface area (Å²) in [6.07, 6.45) is -7.62. The lowest BCUT2D eigenvalue weighted by Gasteiger charge is -2.35. The van der Waals surface area contributed by atoms with Crippen LogP contribution in [0.4, 0.5) is 17.6 Å². The van der Waals surface area contributed by atoms with Gasteiger partial charge in [-0.05, 0) is 5.92 Å². The smallest absolute Gasteiger partial charge is 0.415 e. The molecule has 6 nitrogen and oxygen atoms in total. The molecule has 1 heterocycles. The van der Waals surface area contributed by atoms with Crippen molar-refractivity contribution >= 4 is 11.9 Å². The standard InChI is InChI=1S/C13H17F4N3O3/c1-3-7(2)9(19)10(21)20-5-4-8(14)12(20,6-18)23-11(22)13(15,16)17/h7-9H,3-5,19H2,1-2H3/t7-,8+,9-,12-/m0/s1. The Morgan fingerprint density at radius 2 is 2.09 bits per heavy atom. The van der Waals surface area contributed by atoms with Crippen molar-refractivity contribution in [3.63, 3.8) is 0 Å². The molecule has 0 aromatic rings. The highest BCUT2D eigenvalue weighted by Gasteiger charge is 2.59. The fourth-order valence-electron chi connectivity index (χ4n) is 2.20. The number of ether oxygens (including phenoxy) is 1. The predicted octanol–water partition coefficient (Wildman–Crippen LogP) is 1.26. The van der Waals surface area contributed by atoms with E-state index >= 15 is 0 Å². The Kier molecular flexibility index (Phi) is 5.58. The zero-order valence-electron chi connectivity index (χ0n) is 12.6. The summed E-state index contributed by atoms with van der Waals surface area (Å²) < 4.78 is 55.2. The fraction of sp³-hybridized carbons (Fsp3) is 0.769. The molecule has 0 aliphatic carbocycles. The molecule has 130 valence electrons. The molecule has 4 atom stereocenters. The van der Waals surface area contributed by atoms with Gasteiger partial charge in [-0.1, -0.05) is 20.3 Å². The van der Waals surface area contributed by atoms with Crippen LogP contribution in [0.5, 0.6) is 0 Å². The summed E-state index contributed by atoms with van der Waals surface area (Å²) in [5, 5.41) is 9.13. The van der Waals surface area contributed by atoms with E-state index in [2.05, 4.69) is 4.74 Å². The first-order valence-corrected chi connectivity index (χ1v) is 6.93. The van der Waals surface area contributed by atoms with E-state index in [9.17, 15) is 27.2 Å². The van der Waals surface area contributed by atoms with Crippen molar-refractivity contribution in [1.29, 1.82) is 5.26 Å². The average Bonchev–Trinajstić information content (AvgIpc) is 2.81. The highest BCUT2D eigenvalue weighted by Crippen LogP contribution is 2.36. The highest BCUT2D eigenvalue weighted by atomic mass is 19.4. The predicted molar refractivity (Wildman–Crippen MR) is 69.1 cm³/mol. The number of carbonyl (C=O) groups is 2. The minimum absolute atomic E-state index is 0.351. The van der Waals surface area contributed by atoms with Crippen molar-refractivity contribution in [3.05, 3.63) is 0 Å². The summed E-state index contributed by atoms with van der Waals surface area (Å²) in [7, 11) is 0. The molecule has 0 saturated carbocycles. The number of hydrogen-bond donors (Lipinski definition) is 1. The van der Waals surface area contributed by atoms with Crippen LogP contribution in [-0.4, -0.2) is 47.4 Å². The number of esters is 1. The minimum atomic E-state index is -5.42. The number of hydrogen-bond acceptors (Lipinski definition) is 5. The molecule has 0 aromatic heterocycles. The van der Waals surface area contributed by atoms with Crippen molar-refractivity contribution in [1.82, 2.24) is 4.90 Å². The number of carbonyl (C=O) groups excluding carboxylic acids is 2. The molecule has 0 spiro atoms. The molecule has 1 aliphatic heterocycles. The summed E-state index contributed by atoms with van der Waals surface area (Å²) in [6, 6.07) is 0.0541. The van der Waals surface area contributed by atoms with E-state index in [1.54, 1.807) is 13.8 Å². The van der Waals surface area contributed by atoms with Crippen LogP contribution in [0.1, 0.15) is 26.7 Å². The third-order valence-corrected chi connectivity index (χ3v) is 3.88. The highest BCUT2D eigenvalue weighted by molar-refractivity contribution is 5.84. The summed E-state index contributed by atoms with van der Waals surface area (Å²) >= 11 is 0. The maximum absolute atomic E-state index is 14.0. The van der Waals surface area contributed by atoms with Gasteiger partial charge in [-0.15, -0.1) is 0 Å². The van der Waals surface area contributed by atoms with Crippen molar-refractivity contribution in [2.45, 2.75) is 50.8 Å². The number of nitriles is 1. The van der Waals surface area contributed by atoms with E-state index in [4.69, 9.17) is 11.0 Å². The second-order valence-electron chi connectivity index (χ2n) is 5.35. The van der Waals surface area contributed by atoms with Gasteiger partial charge in [0.05, 0.1) is 6.04 Å². The third kappa shape index (κ3) is 3.55. The van der Waals surface area contributed by atoms with Crippen molar-refractivity contribution in [2.75, 3.05) is 6.54 Å². The van der Waals surface area contributed by atoms with Gasteiger partial charge in [0.25, 0.3) is 0 Å². The van der Waals surface area contributed by atoms with Crippen LogP contribution in [0.2, 0.25) is 0 Å². The first-order chi connectivity index (χ1) is 10.5. The average molecular weight is 339 g/mol. The Hall–Kier alpha value is -1.89. The number of nitrogens with two attached hydrogens (primary N) is 1. The molecule has 1 amide bonds. The molecule has 2 N–H and O–H groups in total. The van der Waals surface area contributed by atoms with E-state index in [0.717, 1.165) is 0 Å². The molecule has 10 heteroatoms. The van der Waals surface area contributed by atoms with Crippen molar-refractivity contribution in [3.8, 4) is 6.07 Å². The Morgan fingerprint density at radius 3 is 2.52 bits per heavy atom. The first-order valence-electron chi connectivity index (χ1n) is 6.93. The zero-order valence-corrected chi connectivity index (χ0v) is 12.6. The van der Waals surface area contributed by atoms with Crippen LogP contribution >= 0.6 is 0 Å². The van der Waals surface area contributed by atoms with Crippen molar-refractivity contribution < 1.29 is 31.9 Å². The molecule has 0 bridgehead atoms. The number of likely N-dealkylation sites (tertiary alicyclic amines) is 1. The van der Waals surface area contributed by atoms with Gasteiger partial charge >= 0.3 is 17.9 Å². The van der Waals surface area contributed by atoms with Gasteiger partial charge < -0.3 is 10.5 Å². The second-order valence-corrected chi connectivity index (χ2v) is 5.35. The third-order valence-electron chi connectivity index (χ3n) is 3.88. The summed E-state index contributed by atoms with van der Waals surface area (Å²) in [4.78, 5) is 23.8. The SMILES string of the molecule is CC[C@H](C)[C@H](N)C(=O)N1CC[C@@H](F)[C@]1(C#N)OC(=O)C(F)(F)F. The van der Waals surface area contributed by atoms with Gasteiger partial charge in [-0.25, -0.2) is 9.18 Å². The zero-order chi connectivity index (χ0) is 18.0. The van der Waals surface area contributed by atoms with Crippen LogP contribution < -0.4 is 5.73 Å². The van der Waals surface area contributed by atoms with Crippen molar-refractivity contribution in [2.24, 2.45) is 11.7 Å².